The maximum absolute atomic E-state index is 12.8. The number of aliphatic hydroxyl groups is 1. The molecular weight excluding hydrogens is 227 g/mol. The highest BCUT2D eigenvalue weighted by Crippen LogP contribution is 2.21. The first-order valence-corrected chi connectivity index (χ1v) is 3.86. The van der Waals surface area contributed by atoms with E-state index in [2.05, 4.69) is 0 Å². The summed E-state index contributed by atoms with van der Waals surface area (Å²) < 4.78 is 12.8. The van der Waals surface area contributed by atoms with E-state index in [0.29, 0.717) is 5.56 Å². The number of benzene rings is 1. The van der Waals surface area contributed by atoms with Crippen LogP contribution in [0.5, 0.6) is 0 Å². The molecule has 0 radical (unpaired) electrons. The molecule has 1 atom stereocenters. The van der Waals surface area contributed by atoms with E-state index >= 15 is 0 Å². The van der Waals surface area contributed by atoms with Gasteiger partial charge in [-0.3, -0.25) is 10.1 Å². The third kappa shape index (κ3) is 3.12. The van der Waals surface area contributed by atoms with Crippen LogP contribution in [0, 0.1) is 15.9 Å². The van der Waals surface area contributed by atoms with Crippen molar-refractivity contribution in [1.82, 2.24) is 0 Å². The highest BCUT2D eigenvalue weighted by atomic mass is 35.5. The number of nitro benzene ring substituents is 1. The summed E-state index contributed by atoms with van der Waals surface area (Å²) in [5.74, 6) is -0.913. The van der Waals surface area contributed by atoms with E-state index < -0.39 is 22.5 Å². The van der Waals surface area contributed by atoms with Crippen LogP contribution in [0.4, 0.5) is 10.1 Å². The summed E-state index contributed by atoms with van der Waals surface area (Å²) in [5.41, 5.74) is 5.12. The molecule has 84 valence electrons. The van der Waals surface area contributed by atoms with Crippen molar-refractivity contribution in [3.05, 3.63) is 39.7 Å². The minimum Gasteiger partial charge on any atom is -0.394 e. The van der Waals surface area contributed by atoms with Gasteiger partial charge in [-0.25, -0.2) is 0 Å². The van der Waals surface area contributed by atoms with Crippen molar-refractivity contribution in [3.63, 3.8) is 0 Å². The van der Waals surface area contributed by atoms with Gasteiger partial charge < -0.3 is 10.8 Å². The molecule has 0 saturated carbocycles. The molecule has 0 saturated heterocycles. The number of nitrogens with zero attached hydrogens (tertiary/aromatic N) is 1. The van der Waals surface area contributed by atoms with Gasteiger partial charge in [-0.05, 0) is 11.6 Å². The Balaban J connectivity index is 0.00000196. The summed E-state index contributed by atoms with van der Waals surface area (Å²) in [6.45, 7) is -0.344. The SMILES string of the molecule is Cl.N[C@H](CO)c1ccc(F)c([N+](=O)[O-])c1. The zero-order chi connectivity index (χ0) is 10.7. The van der Waals surface area contributed by atoms with Crippen LogP contribution in [0.2, 0.25) is 0 Å². The topological polar surface area (TPSA) is 89.4 Å². The summed E-state index contributed by atoms with van der Waals surface area (Å²) >= 11 is 0. The molecular formula is C8H10ClFN2O3. The Bertz CT molecular complexity index is 362. The van der Waals surface area contributed by atoms with Crippen LogP contribution >= 0.6 is 12.4 Å². The van der Waals surface area contributed by atoms with Gasteiger partial charge in [0, 0.05) is 6.07 Å². The maximum Gasteiger partial charge on any atom is 0.305 e. The molecule has 0 fully saturated rings. The lowest BCUT2D eigenvalue weighted by Gasteiger charge is -2.07. The minimum absolute atomic E-state index is 0. The van der Waals surface area contributed by atoms with E-state index in [1.807, 2.05) is 0 Å². The number of aliphatic hydroxyl groups excluding tert-OH is 1. The van der Waals surface area contributed by atoms with Crippen LogP contribution in [0.3, 0.4) is 0 Å². The molecule has 0 aliphatic carbocycles. The van der Waals surface area contributed by atoms with Crippen LogP contribution in [0.1, 0.15) is 11.6 Å². The van der Waals surface area contributed by atoms with E-state index in [0.717, 1.165) is 12.1 Å². The number of nitrogens with two attached hydrogens (primary N) is 1. The first kappa shape index (κ1) is 13.8. The first-order valence-electron chi connectivity index (χ1n) is 3.86. The third-order valence-corrected chi connectivity index (χ3v) is 1.79. The van der Waals surface area contributed by atoms with Gasteiger partial charge in [-0.15, -0.1) is 12.4 Å². The van der Waals surface area contributed by atoms with Gasteiger partial charge in [0.25, 0.3) is 0 Å². The van der Waals surface area contributed by atoms with Crippen LogP contribution in [0.15, 0.2) is 18.2 Å². The van der Waals surface area contributed by atoms with Crippen molar-refractivity contribution in [1.29, 1.82) is 0 Å². The summed E-state index contributed by atoms with van der Waals surface area (Å²) in [5, 5.41) is 19.0. The average Bonchev–Trinajstić information content (AvgIpc) is 2.17. The standard InChI is InChI=1S/C8H9FN2O3.ClH/c9-6-2-1-5(7(10)4-12)3-8(6)11(13)14;/h1-3,7,12H,4,10H2;1H/t7-;/m1./s1. The summed E-state index contributed by atoms with van der Waals surface area (Å²) in [6, 6.07) is 2.57. The van der Waals surface area contributed by atoms with E-state index in [1.54, 1.807) is 0 Å². The third-order valence-electron chi connectivity index (χ3n) is 1.79. The van der Waals surface area contributed by atoms with Crippen molar-refractivity contribution < 1.29 is 14.4 Å². The van der Waals surface area contributed by atoms with Gasteiger partial charge in [-0.2, -0.15) is 4.39 Å². The summed E-state index contributed by atoms with van der Waals surface area (Å²) in [7, 11) is 0. The van der Waals surface area contributed by atoms with Gasteiger partial charge in [-0.1, -0.05) is 6.07 Å². The fraction of sp³-hybridized carbons (Fsp3) is 0.250. The van der Waals surface area contributed by atoms with E-state index in [9.17, 15) is 14.5 Å². The number of hydrogen-bond acceptors (Lipinski definition) is 4. The molecule has 1 aromatic carbocycles. The molecule has 0 spiro atoms. The lowest BCUT2D eigenvalue weighted by Crippen LogP contribution is -2.14. The Hall–Kier alpha value is -1.24. The lowest BCUT2D eigenvalue weighted by molar-refractivity contribution is -0.387. The van der Waals surface area contributed by atoms with Gasteiger partial charge in [0.05, 0.1) is 17.6 Å². The van der Waals surface area contributed by atoms with Gasteiger partial charge in [0.15, 0.2) is 0 Å². The predicted molar refractivity (Wildman–Crippen MR) is 54.3 cm³/mol. The highest BCUT2D eigenvalue weighted by Gasteiger charge is 2.16. The van der Waals surface area contributed by atoms with E-state index in [1.165, 1.54) is 6.07 Å². The van der Waals surface area contributed by atoms with E-state index in [-0.39, 0.29) is 19.0 Å². The fourth-order valence-electron chi connectivity index (χ4n) is 1.01. The molecule has 0 unspecified atom stereocenters. The molecule has 0 amide bonds. The molecule has 0 aromatic heterocycles. The number of rotatable bonds is 3. The zero-order valence-corrected chi connectivity index (χ0v) is 8.41. The Morgan fingerprint density at radius 3 is 2.67 bits per heavy atom. The molecule has 5 nitrogen and oxygen atoms in total. The zero-order valence-electron chi connectivity index (χ0n) is 7.59. The van der Waals surface area contributed by atoms with Crippen molar-refractivity contribution in [2.24, 2.45) is 5.73 Å². The van der Waals surface area contributed by atoms with Crippen LogP contribution < -0.4 is 5.73 Å². The number of nitro groups is 1. The van der Waals surface area contributed by atoms with Crippen molar-refractivity contribution in [2.45, 2.75) is 6.04 Å². The van der Waals surface area contributed by atoms with E-state index in [4.69, 9.17) is 10.8 Å². The largest absolute Gasteiger partial charge is 0.394 e. The van der Waals surface area contributed by atoms with Crippen molar-refractivity contribution >= 4 is 18.1 Å². The Morgan fingerprint density at radius 1 is 1.60 bits per heavy atom. The van der Waals surface area contributed by atoms with Crippen molar-refractivity contribution in [3.8, 4) is 0 Å². The summed E-state index contributed by atoms with van der Waals surface area (Å²) in [4.78, 5) is 9.52. The molecule has 0 heterocycles. The number of halogens is 2. The second-order valence-corrected chi connectivity index (χ2v) is 2.76. The molecule has 15 heavy (non-hydrogen) atoms. The molecule has 0 aliphatic heterocycles. The fourth-order valence-corrected chi connectivity index (χ4v) is 1.01. The normalized spacial score (nSPS) is 11.7. The van der Waals surface area contributed by atoms with Gasteiger partial charge in [0.1, 0.15) is 0 Å². The van der Waals surface area contributed by atoms with Crippen LogP contribution in [-0.4, -0.2) is 16.6 Å². The smallest absolute Gasteiger partial charge is 0.305 e. The molecule has 0 aliphatic rings. The second kappa shape index (κ2) is 5.59. The number of hydrogen-bond donors (Lipinski definition) is 2. The van der Waals surface area contributed by atoms with Gasteiger partial charge in [0.2, 0.25) is 5.82 Å². The maximum atomic E-state index is 12.8. The quantitative estimate of drug-likeness (QED) is 0.609. The van der Waals surface area contributed by atoms with Crippen LogP contribution in [-0.2, 0) is 0 Å². The molecule has 1 aromatic rings. The average molecular weight is 237 g/mol. The molecule has 0 bridgehead atoms. The van der Waals surface area contributed by atoms with Crippen molar-refractivity contribution in [2.75, 3.05) is 6.61 Å². The Morgan fingerprint density at radius 2 is 2.20 bits per heavy atom. The highest BCUT2D eigenvalue weighted by molar-refractivity contribution is 5.85. The monoisotopic (exact) mass is 236 g/mol. The summed E-state index contributed by atoms with van der Waals surface area (Å²) in [6.07, 6.45) is 0. The first-order chi connectivity index (χ1) is 6.56. The van der Waals surface area contributed by atoms with Crippen LogP contribution in [0.25, 0.3) is 0 Å². The predicted octanol–water partition coefficient (Wildman–Crippen LogP) is 1.15. The Kier molecular flexibility index (Phi) is 5.13. The lowest BCUT2D eigenvalue weighted by atomic mass is 10.1. The Labute approximate surface area is 91.3 Å². The second-order valence-electron chi connectivity index (χ2n) is 2.76. The van der Waals surface area contributed by atoms with Gasteiger partial charge >= 0.3 is 5.69 Å². The minimum atomic E-state index is -0.913. The molecule has 3 N–H and O–H groups in total. The molecule has 7 heteroatoms. The molecule has 1 rings (SSSR count).